The lowest BCUT2D eigenvalue weighted by Gasteiger charge is -2.20. The average molecular weight is 297 g/mol. The van der Waals surface area contributed by atoms with E-state index in [0.29, 0.717) is 0 Å². The Kier molecular flexibility index (Phi) is 12.6. The summed E-state index contributed by atoms with van der Waals surface area (Å²) in [4.78, 5) is 4.24. The van der Waals surface area contributed by atoms with Gasteiger partial charge in [-0.3, -0.25) is 0 Å². The molecular formula is C12H29ClN2O2Si. The van der Waals surface area contributed by atoms with E-state index in [1.54, 1.807) is 0 Å². The first kappa shape index (κ1) is 18.3. The van der Waals surface area contributed by atoms with Crippen molar-refractivity contribution < 1.29 is 9.47 Å². The van der Waals surface area contributed by atoms with E-state index in [-0.39, 0.29) is 15.4 Å². The minimum Gasteiger partial charge on any atom is -0.356 e. The maximum atomic E-state index is 5.82. The highest BCUT2D eigenvalue weighted by Gasteiger charge is 2.10. The summed E-state index contributed by atoms with van der Waals surface area (Å²) in [5.41, 5.74) is 0. The molecule has 0 fully saturated rings. The van der Waals surface area contributed by atoms with Gasteiger partial charge in [0, 0.05) is 19.0 Å². The zero-order chi connectivity index (χ0) is 13.8. The molecule has 0 rings (SSSR count). The van der Waals surface area contributed by atoms with E-state index in [1.165, 1.54) is 6.04 Å². The molecule has 18 heavy (non-hydrogen) atoms. The number of hydrogen-bond donors (Lipinski definition) is 0. The Morgan fingerprint density at radius 3 is 1.89 bits per heavy atom. The smallest absolute Gasteiger partial charge is 0.135 e. The SMILES string of the molecule is CN(C)CCOC(OCCN(C)C)[SiH2]CCCCl. The Morgan fingerprint density at radius 2 is 1.50 bits per heavy atom. The molecule has 0 heterocycles. The van der Waals surface area contributed by atoms with Crippen molar-refractivity contribution in [1.82, 2.24) is 9.80 Å². The second-order valence-electron chi connectivity index (χ2n) is 4.96. The van der Waals surface area contributed by atoms with Crippen LogP contribution in [0.4, 0.5) is 0 Å². The second kappa shape index (κ2) is 12.4. The van der Waals surface area contributed by atoms with Gasteiger partial charge < -0.3 is 19.3 Å². The average Bonchev–Trinajstić information content (AvgIpc) is 2.27. The highest BCUT2D eigenvalue weighted by Crippen LogP contribution is 2.01. The fourth-order valence-electron chi connectivity index (χ4n) is 1.35. The van der Waals surface area contributed by atoms with Crippen LogP contribution in [-0.2, 0) is 9.47 Å². The van der Waals surface area contributed by atoms with Crippen molar-refractivity contribution in [2.24, 2.45) is 0 Å². The van der Waals surface area contributed by atoms with Gasteiger partial charge in [0.1, 0.15) is 5.91 Å². The quantitative estimate of drug-likeness (QED) is 0.228. The number of halogens is 1. The Hall–Kier alpha value is 0.347. The van der Waals surface area contributed by atoms with E-state index in [1.807, 2.05) is 0 Å². The molecule has 0 aromatic carbocycles. The third-order valence-electron chi connectivity index (χ3n) is 2.51. The second-order valence-corrected chi connectivity index (χ2v) is 7.29. The van der Waals surface area contributed by atoms with Crippen molar-refractivity contribution in [3.05, 3.63) is 0 Å². The third-order valence-corrected chi connectivity index (χ3v) is 4.63. The zero-order valence-corrected chi connectivity index (χ0v) is 14.5. The van der Waals surface area contributed by atoms with E-state index in [4.69, 9.17) is 21.1 Å². The molecule has 0 bridgehead atoms. The van der Waals surface area contributed by atoms with Crippen LogP contribution in [0.3, 0.4) is 0 Å². The first-order valence-corrected chi connectivity index (χ1v) is 9.00. The fraction of sp³-hybridized carbons (Fsp3) is 1.00. The monoisotopic (exact) mass is 296 g/mol. The summed E-state index contributed by atoms with van der Waals surface area (Å²) in [5.74, 6) is 0.794. The summed E-state index contributed by atoms with van der Waals surface area (Å²) in [5, 5.41) is 0. The lowest BCUT2D eigenvalue weighted by Crippen LogP contribution is -2.31. The van der Waals surface area contributed by atoms with Crippen molar-refractivity contribution in [1.29, 1.82) is 0 Å². The minimum atomic E-state index is -0.341. The van der Waals surface area contributed by atoms with E-state index in [2.05, 4.69) is 38.0 Å². The van der Waals surface area contributed by atoms with Crippen LogP contribution in [0.2, 0.25) is 6.04 Å². The lowest BCUT2D eigenvalue weighted by atomic mass is 10.6. The molecule has 0 saturated heterocycles. The van der Waals surface area contributed by atoms with Crippen molar-refractivity contribution in [3.8, 4) is 0 Å². The predicted molar refractivity (Wildman–Crippen MR) is 81.5 cm³/mol. The summed E-state index contributed by atoms with van der Waals surface area (Å²) < 4.78 is 11.6. The summed E-state index contributed by atoms with van der Waals surface area (Å²) >= 11 is 5.70. The molecule has 0 N–H and O–H groups in total. The van der Waals surface area contributed by atoms with E-state index < -0.39 is 0 Å². The molecule has 0 unspecified atom stereocenters. The van der Waals surface area contributed by atoms with Crippen molar-refractivity contribution in [2.75, 3.05) is 60.4 Å². The van der Waals surface area contributed by atoms with Gasteiger partial charge in [0.25, 0.3) is 0 Å². The van der Waals surface area contributed by atoms with Crippen LogP contribution in [0.15, 0.2) is 0 Å². The van der Waals surface area contributed by atoms with Gasteiger partial charge in [-0.2, -0.15) is 0 Å². The molecule has 0 radical (unpaired) electrons. The highest BCUT2D eigenvalue weighted by molar-refractivity contribution is 6.36. The van der Waals surface area contributed by atoms with Gasteiger partial charge >= 0.3 is 0 Å². The normalized spacial score (nSPS) is 12.7. The highest BCUT2D eigenvalue weighted by atomic mass is 35.5. The van der Waals surface area contributed by atoms with Crippen LogP contribution in [0.25, 0.3) is 0 Å². The van der Waals surface area contributed by atoms with Crippen LogP contribution in [0, 0.1) is 0 Å². The number of alkyl halides is 1. The summed E-state index contributed by atoms with van der Waals surface area (Å²) in [7, 11) is 7.87. The predicted octanol–water partition coefficient (Wildman–Crippen LogP) is 0.642. The first-order chi connectivity index (χ1) is 8.56. The van der Waals surface area contributed by atoms with E-state index in [9.17, 15) is 0 Å². The largest absolute Gasteiger partial charge is 0.356 e. The number of nitrogens with zero attached hydrogens (tertiary/aromatic N) is 2. The Labute approximate surface area is 119 Å². The molecule has 0 aromatic heterocycles. The van der Waals surface area contributed by atoms with Gasteiger partial charge in [0.15, 0.2) is 0 Å². The molecule has 0 atom stereocenters. The fourth-order valence-corrected chi connectivity index (χ4v) is 3.40. The molecule has 0 amide bonds. The lowest BCUT2D eigenvalue weighted by molar-refractivity contribution is -0.0949. The Bertz CT molecular complexity index is 171. The van der Waals surface area contributed by atoms with Gasteiger partial charge in [0.05, 0.1) is 22.7 Å². The molecular weight excluding hydrogens is 268 g/mol. The molecule has 0 aliphatic rings. The van der Waals surface area contributed by atoms with E-state index in [0.717, 1.165) is 38.6 Å². The number of hydrogen-bond acceptors (Lipinski definition) is 4. The molecule has 0 aromatic rings. The van der Waals surface area contributed by atoms with Crippen molar-refractivity contribution in [2.45, 2.75) is 18.4 Å². The Morgan fingerprint density at radius 1 is 1.00 bits per heavy atom. The van der Waals surface area contributed by atoms with Gasteiger partial charge in [-0.05, 0) is 34.6 Å². The maximum Gasteiger partial charge on any atom is 0.135 e. The van der Waals surface area contributed by atoms with Crippen LogP contribution in [0.5, 0.6) is 0 Å². The summed E-state index contributed by atoms with van der Waals surface area (Å²) in [6, 6.07) is 1.19. The van der Waals surface area contributed by atoms with Crippen molar-refractivity contribution >= 4 is 21.1 Å². The van der Waals surface area contributed by atoms with Gasteiger partial charge in [-0.15, -0.1) is 11.6 Å². The first-order valence-electron chi connectivity index (χ1n) is 6.65. The topological polar surface area (TPSA) is 24.9 Å². The molecule has 6 heteroatoms. The van der Waals surface area contributed by atoms with Crippen LogP contribution in [-0.4, -0.2) is 85.6 Å². The Balaban J connectivity index is 3.76. The number of ether oxygens (including phenoxy) is 2. The molecule has 4 nitrogen and oxygen atoms in total. The summed E-state index contributed by atoms with van der Waals surface area (Å²) in [6.07, 6.45) is 1.08. The number of likely N-dealkylation sites (N-methyl/N-ethyl adjacent to an activating group) is 2. The molecule has 0 aliphatic heterocycles. The van der Waals surface area contributed by atoms with Crippen LogP contribution >= 0.6 is 11.6 Å². The summed E-state index contributed by atoms with van der Waals surface area (Å²) in [6.45, 7) is 3.37. The standard InChI is InChI=1S/C12H29ClN2O2Si/c1-14(2)7-9-16-12(18-11-5-6-13)17-10-8-15(3)4/h12H,5-11,18H2,1-4H3. The van der Waals surface area contributed by atoms with Crippen LogP contribution in [0.1, 0.15) is 6.42 Å². The molecule has 110 valence electrons. The van der Waals surface area contributed by atoms with Crippen molar-refractivity contribution in [3.63, 3.8) is 0 Å². The van der Waals surface area contributed by atoms with Gasteiger partial charge in [0.2, 0.25) is 0 Å². The number of rotatable bonds is 12. The van der Waals surface area contributed by atoms with Gasteiger partial charge in [-0.1, -0.05) is 6.04 Å². The van der Waals surface area contributed by atoms with Crippen LogP contribution < -0.4 is 0 Å². The van der Waals surface area contributed by atoms with E-state index >= 15 is 0 Å². The molecule has 0 aliphatic carbocycles. The zero-order valence-electron chi connectivity index (χ0n) is 12.3. The van der Waals surface area contributed by atoms with Gasteiger partial charge in [-0.25, -0.2) is 0 Å². The third kappa shape index (κ3) is 12.8. The maximum absolute atomic E-state index is 5.82. The minimum absolute atomic E-state index is 0.0492. The molecule has 0 saturated carbocycles. The molecule has 0 spiro atoms.